The molecule has 1 aliphatic heterocycles. The molecule has 2 fully saturated rings. The summed E-state index contributed by atoms with van der Waals surface area (Å²) in [6.07, 6.45) is 6.33. The molecule has 5 rings (SSSR count). The molecule has 2 aromatic heterocycles. The Hall–Kier alpha value is -2.71. The lowest BCUT2D eigenvalue weighted by Gasteiger charge is -2.30. The summed E-state index contributed by atoms with van der Waals surface area (Å²) in [4.78, 5) is 19.8. The molecule has 3 aromatic rings. The van der Waals surface area contributed by atoms with Crippen LogP contribution in [0.3, 0.4) is 0 Å². The maximum atomic E-state index is 12.9. The highest BCUT2D eigenvalue weighted by Crippen LogP contribution is 2.40. The number of aromatic nitrogens is 2. The highest BCUT2D eigenvalue weighted by atomic mass is 32.2. The number of likely N-dealkylation sites (tertiary alicyclic amines) is 1. The molecule has 0 atom stereocenters. The molecule has 186 valence electrons. The maximum Gasteiger partial charge on any atom is 0.251 e. The van der Waals surface area contributed by atoms with E-state index in [0.717, 1.165) is 30.9 Å². The van der Waals surface area contributed by atoms with Crippen LogP contribution in [0.25, 0.3) is 10.9 Å². The number of amides is 1. The van der Waals surface area contributed by atoms with E-state index in [2.05, 4.69) is 38.8 Å². The summed E-state index contributed by atoms with van der Waals surface area (Å²) in [7, 11) is -3.28. The number of carbonyl (C=O) groups excluding carboxylic acids is 1. The fourth-order valence-corrected chi connectivity index (χ4v) is 5.73. The fourth-order valence-electron chi connectivity index (χ4n) is 4.91. The maximum absolute atomic E-state index is 12.9. The SMILES string of the molecule is CCS(=O)(=O)c1ccc(CNC(=O)c2ccc3c(c2)cc(CN2CCC(C)CC2)n3C2CC2)nc1. The Balaban J connectivity index is 1.29. The fraction of sp³-hybridized carbons (Fsp3) is 0.481. The van der Waals surface area contributed by atoms with E-state index in [-0.39, 0.29) is 23.1 Å². The summed E-state index contributed by atoms with van der Waals surface area (Å²) in [5.74, 6) is 0.693. The summed E-state index contributed by atoms with van der Waals surface area (Å²) >= 11 is 0. The van der Waals surface area contributed by atoms with Crippen LogP contribution in [0.15, 0.2) is 47.5 Å². The summed E-state index contributed by atoms with van der Waals surface area (Å²) < 4.78 is 26.4. The Morgan fingerprint density at radius 2 is 1.86 bits per heavy atom. The van der Waals surface area contributed by atoms with Gasteiger partial charge < -0.3 is 9.88 Å². The lowest BCUT2D eigenvalue weighted by molar-refractivity contribution is 0.0950. The molecule has 0 radical (unpaired) electrons. The molecule has 0 unspecified atom stereocenters. The summed E-state index contributed by atoms with van der Waals surface area (Å²) in [6.45, 7) is 7.46. The third-order valence-corrected chi connectivity index (χ3v) is 9.04. The third kappa shape index (κ3) is 5.28. The number of pyridine rings is 1. The molecule has 1 saturated heterocycles. The van der Waals surface area contributed by atoms with Crippen LogP contribution in [0.5, 0.6) is 0 Å². The Bertz CT molecular complexity index is 1320. The first-order valence-corrected chi connectivity index (χ1v) is 14.3. The molecule has 7 nitrogen and oxygen atoms in total. The van der Waals surface area contributed by atoms with Gasteiger partial charge >= 0.3 is 0 Å². The van der Waals surface area contributed by atoms with Crippen molar-refractivity contribution in [3.05, 3.63) is 59.5 Å². The van der Waals surface area contributed by atoms with Crippen molar-refractivity contribution < 1.29 is 13.2 Å². The zero-order chi connectivity index (χ0) is 24.6. The normalized spacial score (nSPS) is 17.7. The highest BCUT2D eigenvalue weighted by molar-refractivity contribution is 7.91. The van der Waals surface area contributed by atoms with Gasteiger partial charge in [-0.1, -0.05) is 13.8 Å². The predicted octanol–water partition coefficient (Wildman–Crippen LogP) is 4.33. The van der Waals surface area contributed by atoms with Gasteiger partial charge in [0.1, 0.15) is 0 Å². The Morgan fingerprint density at radius 1 is 1.09 bits per heavy atom. The molecular formula is C27H34N4O3S. The molecule has 1 aliphatic carbocycles. The van der Waals surface area contributed by atoms with Crippen molar-refractivity contribution in [1.29, 1.82) is 0 Å². The van der Waals surface area contributed by atoms with Crippen molar-refractivity contribution in [2.24, 2.45) is 5.92 Å². The largest absolute Gasteiger partial charge is 0.346 e. The van der Waals surface area contributed by atoms with Gasteiger partial charge in [-0.3, -0.25) is 14.7 Å². The smallest absolute Gasteiger partial charge is 0.251 e. The molecule has 8 heteroatoms. The average molecular weight is 495 g/mol. The van der Waals surface area contributed by atoms with Gasteiger partial charge in [-0.15, -0.1) is 0 Å². The van der Waals surface area contributed by atoms with Crippen molar-refractivity contribution in [3.63, 3.8) is 0 Å². The number of hydrogen-bond acceptors (Lipinski definition) is 5. The van der Waals surface area contributed by atoms with Crippen LogP contribution in [0.4, 0.5) is 0 Å². The van der Waals surface area contributed by atoms with E-state index in [9.17, 15) is 13.2 Å². The molecular weight excluding hydrogens is 460 g/mol. The Morgan fingerprint density at radius 3 is 2.51 bits per heavy atom. The number of sulfone groups is 1. The predicted molar refractivity (Wildman–Crippen MR) is 137 cm³/mol. The van der Waals surface area contributed by atoms with Gasteiger partial charge in [0, 0.05) is 40.9 Å². The van der Waals surface area contributed by atoms with Gasteiger partial charge in [-0.25, -0.2) is 8.42 Å². The minimum atomic E-state index is -3.28. The van der Waals surface area contributed by atoms with E-state index in [1.165, 1.54) is 43.1 Å². The molecule has 1 saturated carbocycles. The van der Waals surface area contributed by atoms with Gasteiger partial charge in [0.25, 0.3) is 5.91 Å². The van der Waals surface area contributed by atoms with E-state index in [0.29, 0.717) is 17.3 Å². The minimum Gasteiger partial charge on any atom is -0.346 e. The van der Waals surface area contributed by atoms with E-state index in [1.807, 2.05) is 12.1 Å². The van der Waals surface area contributed by atoms with E-state index >= 15 is 0 Å². The molecule has 1 amide bonds. The second-order valence-corrected chi connectivity index (χ2v) is 12.3. The quantitative estimate of drug-likeness (QED) is 0.504. The average Bonchev–Trinajstić information content (AvgIpc) is 3.64. The van der Waals surface area contributed by atoms with Gasteiger partial charge in [-0.2, -0.15) is 0 Å². The lowest BCUT2D eigenvalue weighted by atomic mass is 9.99. The van der Waals surface area contributed by atoms with E-state index in [4.69, 9.17) is 0 Å². The Kier molecular flexibility index (Phi) is 6.68. The van der Waals surface area contributed by atoms with Crippen LogP contribution in [0.2, 0.25) is 0 Å². The number of nitrogens with zero attached hydrogens (tertiary/aromatic N) is 3. The minimum absolute atomic E-state index is 0.0364. The van der Waals surface area contributed by atoms with Gasteiger partial charge in [-0.05, 0) is 81.1 Å². The van der Waals surface area contributed by atoms with Gasteiger partial charge in [0.15, 0.2) is 9.84 Å². The zero-order valence-electron chi connectivity index (χ0n) is 20.5. The van der Waals surface area contributed by atoms with E-state index in [1.54, 1.807) is 19.1 Å². The highest BCUT2D eigenvalue weighted by Gasteiger charge is 2.28. The number of benzene rings is 1. The molecule has 1 N–H and O–H groups in total. The third-order valence-electron chi connectivity index (χ3n) is 7.32. The van der Waals surface area contributed by atoms with Crippen LogP contribution in [-0.4, -0.2) is 47.6 Å². The summed E-state index contributed by atoms with van der Waals surface area (Å²) in [5.41, 5.74) is 3.79. The van der Waals surface area contributed by atoms with Crippen molar-refractivity contribution in [2.45, 2.75) is 63.6 Å². The molecule has 0 bridgehead atoms. The number of carbonyl (C=O) groups is 1. The molecule has 3 heterocycles. The first-order valence-electron chi connectivity index (χ1n) is 12.7. The second kappa shape index (κ2) is 9.74. The number of rotatable bonds is 8. The van der Waals surface area contributed by atoms with Crippen LogP contribution in [0, 0.1) is 5.92 Å². The standard InChI is InChI=1S/C27H34N4O3S/c1-3-35(33,34)25-8-5-22(28-17-25)16-29-27(32)20-4-9-26-21(14-20)15-24(31(26)23-6-7-23)18-30-12-10-19(2)11-13-30/h4-5,8-9,14-15,17,19,23H,3,6-7,10-13,16,18H2,1-2H3,(H,29,32). The number of fused-ring (bicyclic) bond motifs is 1. The molecule has 0 spiro atoms. The number of hydrogen-bond donors (Lipinski definition) is 1. The Labute approximate surface area is 207 Å². The van der Waals surface area contributed by atoms with Crippen molar-refractivity contribution in [1.82, 2.24) is 19.8 Å². The topological polar surface area (TPSA) is 84.3 Å². The number of nitrogens with one attached hydrogen (secondary N) is 1. The van der Waals surface area contributed by atoms with Gasteiger partial charge in [0.05, 0.1) is 22.9 Å². The molecule has 1 aromatic carbocycles. The summed E-state index contributed by atoms with van der Waals surface area (Å²) in [5, 5.41) is 4.02. The first-order chi connectivity index (χ1) is 16.8. The van der Waals surface area contributed by atoms with Crippen LogP contribution >= 0.6 is 0 Å². The van der Waals surface area contributed by atoms with Gasteiger partial charge in [0.2, 0.25) is 0 Å². The van der Waals surface area contributed by atoms with Crippen LogP contribution < -0.4 is 5.32 Å². The van der Waals surface area contributed by atoms with Crippen molar-refractivity contribution in [3.8, 4) is 0 Å². The van der Waals surface area contributed by atoms with Crippen molar-refractivity contribution in [2.75, 3.05) is 18.8 Å². The van der Waals surface area contributed by atoms with Crippen LogP contribution in [-0.2, 0) is 22.9 Å². The first kappa shape index (κ1) is 24.0. The molecule has 2 aliphatic rings. The summed E-state index contributed by atoms with van der Waals surface area (Å²) in [6, 6.07) is 12.0. The monoisotopic (exact) mass is 494 g/mol. The zero-order valence-corrected chi connectivity index (χ0v) is 21.4. The van der Waals surface area contributed by atoms with Crippen molar-refractivity contribution >= 4 is 26.6 Å². The number of piperidine rings is 1. The van der Waals surface area contributed by atoms with Crippen LogP contribution in [0.1, 0.15) is 67.3 Å². The second-order valence-electron chi connectivity index (χ2n) is 10.0. The van der Waals surface area contributed by atoms with E-state index < -0.39 is 9.84 Å². The lowest BCUT2D eigenvalue weighted by Crippen LogP contribution is -2.33. The molecule has 35 heavy (non-hydrogen) atoms.